The number of rotatable bonds is 10. The van der Waals surface area contributed by atoms with Gasteiger partial charge < -0.3 is 9.47 Å². The van der Waals surface area contributed by atoms with E-state index < -0.39 is 0 Å². The SMILES string of the molecule is CC(C)c1ccc(OCc2ccccc2)cc1.CC(C)c1ccc([N+](=O)[O-])cc1.CC(C)c1cccc2ccccc12.CC(C)c1ccccc1.COc1ccc(C(C)C)cc1. The van der Waals surface area contributed by atoms with Crippen molar-refractivity contribution >= 4 is 16.5 Å². The van der Waals surface area contributed by atoms with Crippen LogP contribution in [0, 0.1) is 10.1 Å². The molecule has 0 N–H and O–H groups in total. The van der Waals surface area contributed by atoms with Crippen LogP contribution in [0.5, 0.6) is 11.5 Å². The number of ether oxygens (including phenoxy) is 2. The number of non-ortho nitro benzene ring substituents is 1. The molecule has 62 heavy (non-hydrogen) atoms. The summed E-state index contributed by atoms with van der Waals surface area (Å²) in [5, 5.41) is 13.0. The summed E-state index contributed by atoms with van der Waals surface area (Å²) in [6, 6.07) is 59.0. The molecule has 5 nitrogen and oxygen atoms in total. The molecule has 0 aliphatic rings. The van der Waals surface area contributed by atoms with Gasteiger partial charge in [-0.1, -0.05) is 209 Å². The molecule has 0 bridgehead atoms. The number of hydrogen-bond donors (Lipinski definition) is 0. The summed E-state index contributed by atoms with van der Waals surface area (Å²) in [7, 11) is 1.68. The largest absolute Gasteiger partial charge is 0.497 e. The van der Waals surface area contributed by atoms with Gasteiger partial charge in [0.1, 0.15) is 18.1 Å². The second-order valence-electron chi connectivity index (χ2n) is 16.7. The van der Waals surface area contributed by atoms with Crippen LogP contribution in [0.4, 0.5) is 5.69 Å². The quantitative estimate of drug-likeness (QED) is 0.102. The normalized spacial score (nSPS) is 10.5. The van der Waals surface area contributed by atoms with Crippen LogP contribution < -0.4 is 9.47 Å². The van der Waals surface area contributed by atoms with Crippen LogP contribution in [-0.4, -0.2) is 12.0 Å². The number of nitrogens with zero attached hydrogens (tertiary/aromatic N) is 1. The van der Waals surface area contributed by atoms with Crippen molar-refractivity contribution in [3.63, 3.8) is 0 Å². The minimum atomic E-state index is -0.385. The zero-order valence-corrected chi connectivity index (χ0v) is 38.9. The van der Waals surface area contributed by atoms with Gasteiger partial charge >= 0.3 is 0 Å². The minimum Gasteiger partial charge on any atom is -0.497 e. The number of nitro groups is 1. The summed E-state index contributed by atoms with van der Waals surface area (Å²) in [6.07, 6.45) is 0. The van der Waals surface area contributed by atoms with E-state index in [0.29, 0.717) is 36.2 Å². The highest BCUT2D eigenvalue weighted by molar-refractivity contribution is 5.86. The molecule has 0 aliphatic heterocycles. The number of fused-ring (bicyclic) bond motifs is 1. The zero-order valence-electron chi connectivity index (χ0n) is 38.9. The van der Waals surface area contributed by atoms with Gasteiger partial charge in [-0.3, -0.25) is 10.1 Å². The Morgan fingerprint density at radius 1 is 0.435 bits per heavy atom. The van der Waals surface area contributed by atoms with Crippen LogP contribution in [0.2, 0.25) is 0 Å². The Hall–Kier alpha value is -6.20. The van der Waals surface area contributed by atoms with Crippen LogP contribution in [0.1, 0.15) is 132 Å². The standard InChI is InChI=1S/C16H18O.C13H14.C10H14O.C9H11NO2.C9H12/c1-13(2)15-8-10-16(11-9-15)17-12-14-6-4-3-5-7-14;1-10(2)12-9-5-7-11-6-3-4-8-13(11)12;1-8(2)9-4-6-10(11-3)7-5-9;1-7(2)8-3-5-9(6-4-8)10(11)12;1-8(2)9-6-4-3-5-7-9/h3-11,13H,12H2,1-2H3;3-10H,1-2H3;4-8H,1-3H3;3-7H,1-2H3;3-8H,1-2H3. The van der Waals surface area contributed by atoms with Crippen molar-refractivity contribution in [1.29, 1.82) is 0 Å². The molecule has 0 spiro atoms. The summed E-state index contributed by atoms with van der Waals surface area (Å²) in [4.78, 5) is 9.90. The molecule has 0 aromatic heterocycles. The van der Waals surface area contributed by atoms with Gasteiger partial charge in [0, 0.05) is 12.1 Å². The summed E-state index contributed by atoms with van der Waals surface area (Å²) < 4.78 is 10.8. The van der Waals surface area contributed by atoms with Gasteiger partial charge in [0.15, 0.2) is 0 Å². The van der Waals surface area contributed by atoms with Crippen LogP contribution >= 0.6 is 0 Å². The third-order valence-electron chi connectivity index (χ3n) is 10.3. The lowest BCUT2D eigenvalue weighted by Crippen LogP contribution is -1.95. The van der Waals surface area contributed by atoms with Gasteiger partial charge in [0.05, 0.1) is 12.0 Å². The van der Waals surface area contributed by atoms with Crippen molar-refractivity contribution in [3.8, 4) is 11.5 Å². The number of nitro benzene ring substituents is 1. The zero-order chi connectivity index (χ0) is 45.4. The Kier molecular flexibility index (Phi) is 21.8. The van der Waals surface area contributed by atoms with E-state index in [2.05, 4.69) is 172 Å². The van der Waals surface area contributed by atoms with Crippen molar-refractivity contribution < 1.29 is 14.4 Å². The molecule has 326 valence electrons. The average Bonchev–Trinajstić information content (AvgIpc) is 3.29. The maximum atomic E-state index is 10.3. The van der Waals surface area contributed by atoms with Gasteiger partial charge in [-0.15, -0.1) is 0 Å². The third-order valence-corrected chi connectivity index (χ3v) is 10.3. The van der Waals surface area contributed by atoms with Gasteiger partial charge in [0.25, 0.3) is 5.69 Å². The lowest BCUT2D eigenvalue weighted by atomic mass is 9.96. The first-order chi connectivity index (χ1) is 29.7. The molecule has 0 radical (unpaired) electrons. The van der Waals surface area contributed by atoms with Crippen LogP contribution in [0.3, 0.4) is 0 Å². The average molecular weight is 832 g/mol. The van der Waals surface area contributed by atoms with Gasteiger partial charge in [-0.2, -0.15) is 0 Å². The summed E-state index contributed by atoms with van der Waals surface area (Å²) in [6.45, 7) is 22.4. The van der Waals surface area contributed by atoms with Crippen LogP contribution in [-0.2, 0) is 6.61 Å². The van der Waals surface area contributed by atoms with Crippen molar-refractivity contribution in [1.82, 2.24) is 0 Å². The molecule has 0 fully saturated rings. The van der Waals surface area contributed by atoms with Crippen molar-refractivity contribution in [2.75, 3.05) is 7.11 Å². The Balaban J connectivity index is 0.000000210. The topological polar surface area (TPSA) is 61.6 Å². The van der Waals surface area contributed by atoms with Gasteiger partial charge in [-0.25, -0.2) is 0 Å². The van der Waals surface area contributed by atoms with E-state index in [-0.39, 0.29) is 10.6 Å². The molecule has 5 heteroatoms. The first-order valence-corrected chi connectivity index (χ1v) is 21.9. The predicted octanol–water partition coefficient (Wildman–Crippen LogP) is 16.7. The van der Waals surface area contributed by atoms with Gasteiger partial charge in [-0.05, 0) is 98.0 Å². The first kappa shape index (κ1) is 50.2. The summed E-state index contributed by atoms with van der Waals surface area (Å²) in [5.41, 5.74) is 8.03. The van der Waals surface area contributed by atoms with E-state index in [1.54, 1.807) is 19.2 Å². The molecule has 0 unspecified atom stereocenters. The molecule has 0 aliphatic carbocycles. The summed E-state index contributed by atoms with van der Waals surface area (Å²) >= 11 is 0. The Morgan fingerprint density at radius 2 is 0.839 bits per heavy atom. The molecule has 0 amide bonds. The molecule has 0 saturated carbocycles. The van der Waals surface area contributed by atoms with E-state index in [1.165, 1.54) is 50.7 Å². The number of hydrogen-bond acceptors (Lipinski definition) is 4. The van der Waals surface area contributed by atoms with Crippen molar-refractivity contribution in [2.45, 2.75) is 105 Å². The molecule has 0 saturated heterocycles. The molecule has 0 atom stereocenters. The van der Waals surface area contributed by atoms with E-state index in [1.807, 2.05) is 48.5 Å². The van der Waals surface area contributed by atoms with Crippen molar-refractivity contribution in [2.24, 2.45) is 0 Å². The van der Waals surface area contributed by atoms with E-state index >= 15 is 0 Å². The van der Waals surface area contributed by atoms with E-state index in [0.717, 1.165) is 17.1 Å². The second kappa shape index (κ2) is 26.9. The fraction of sp³-hybridized carbons (Fsp3) is 0.298. The molecular weight excluding hydrogens is 763 g/mol. The molecular formula is C57H69NO4. The van der Waals surface area contributed by atoms with Crippen molar-refractivity contribution in [3.05, 3.63) is 219 Å². The highest BCUT2D eigenvalue weighted by Crippen LogP contribution is 2.25. The molecule has 0 heterocycles. The fourth-order valence-corrected chi connectivity index (χ4v) is 6.25. The lowest BCUT2D eigenvalue weighted by Gasteiger charge is -2.08. The highest BCUT2D eigenvalue weighted by Gasteiger charge is 2.06. The lowest BCUT2D eigenvalue weighted by molar-refractivity contribution is -0.384. The van der Waals surface area contributed by atoms with Gasteiger partial charge in [0.2, 0.25) is 0 Å². The maximum Gasteiger partial charge on any atom is 0.269 e. The smallest absolute Gasteiger partial charge is 0.269 e. The Morgan fingerprint density at radius 3 is 1.27 bits per heavy atom. The number of methoxy groups -OCH3 is 1. The Labute approximate surface area is 373 Å². The minimum absolute atomic E-state index is 0.152. The Bertz CT molecular complexity index is 2260. The maximum absolute atomic E-state index is 10.3. The van der Waals surface area contributed by atoms with Crippen LogP contribution in [0.25, 0.3) is 10.8 Å². The predicted molar refractivity (Wildman–Crippen MR) is 264 cm³/mol. The molecule has 7 aromatic carbocycles. The monoisotopic (exact) mass is 832 g/mol. The molecule has 7 rings (SSSR count). The first-order valence-electron chi connectivity index (χ1n) is 21.9. The van der Waals surface area contributed by atoms with E-state index in [4.69, 9.17) is 9.47 Å². The molecule has 7 aromatic rings. The highest BCUT2D eigenvalue weighted by atomic mass is 16.6. The summed E-state index contributed by atoms with van der Waals surface area (Å²) in [5.74, 6) is 4.70. The third kappa shape index (κ3) is 17.8. The second-order valence-corrected chi connectivity index (χ2v) is 16.7. The number of benzene rings is 7. The fourth-order valence-electron chi connectivity index (χ4n) is 6.25. The van der Waals surface area contributed by atoms with E-state index in [9.17, 15) is 10.1 Å². The van der Waals surface area contributed by atoms with Crippen LogP contribution in [0.15, 0.2) is 176 Å².